The van der Waals surface area contributed by atoms with Gasteiger partial charge in [-0.05, 0) is 13.0 Å². The summed E-state index contributed by atoms with van der Waals surface area (Å²) in [5, 5.41) is 8.49. The lowest BCUT2D eigenvalue weighted by atomic mass is 10.4. The number of fused-ring (bicyclic) bond motifs is 1. The van der Waals surface area contributed by atoms with Gasteiger partial charge in [0.15, 0.2) is 17.3 Å². The first-order chi connectivity index (χ1) is 11.6. The molecule has 0 radical (unpaired) electrons. The van der Waals surface area contributed by atoms with Gasteiger partial charge in [0.25, 0.3) is 0 Å². The number of nitrogens with zero attached hydrogens (tertiary/aromatic N) is 6. The first kappa shape index (κ1) is 14.9. The predicted molar refractivity (Wildman–Crippen MR) is 91.1 cm³/mol. The van der Waals surface area contributed by atoms with Crippen molar-refractivity contribution < 1.29 is 0 Å². The highest BCUT2D eigenvalue weighted by Gasteiger charge is 2.15. The normalized spacial score (nSPS) is 11.1. The lowest BCUT2D eigenvalue weighted by Gasteiger charge is -2.10. The van der Waals surface area contributed by atoms with Crippen molar-refractivity contribution in [1.82, 2.24) is 34.7 Å². The minimum absolute atomic E-state index is 0.392. The fraction of sp³-hybridized carbons (Fsp3) is 0.0714. The van der Waals surface area contributed by atoms with E-state index in [9.17, 15) is 0 Å². The second-order valence-corrected chi connectivity index (χ2v) is 5.83. The molecule has 4 aromatic heterocycles. The zero-order valence-corrected chi connectivity index (χ0v) is 13.8. The highest BCUT2D eigenvalue weighted by molar-refractivity contribution is 6.35. The average molecular weight is 361 g/mol. The van der Waals surface area contributed by atoms with Crippen molar-refractivity contribution in [2.75, 3.05) is 5.32 Å². The zero-order valence-electron chi connectivity index (χ0n) is 12.3. The maximum absolute atomic E-state index is 6.25. The van der Waals surface area contributed by atoms with Crippen LogP contribution in [0.5, 0.6) is 0 Å². The van der Waals surface area contributed by atoms with E-state index in [4.69, 9.17) is 23.2 Å². The number of H-pyrrole nitrogens is 1. The van der Waals surface area contributed by atoms with Crippen LogP contribution in [0.2, 0.25) is 10.0 Å². The molecule has 4 rings (SSSR count). The summed E-state index contributed by atoms with van der Waals surface area (Å²) >= 11 is 12.2. The summed E-state index contributed by atoms with van der Waals surface area (Å²) in [7, 11) is 0. The minimum Gasteiger partial charge on any atom is -0.340 e. The van der Waals surface area contributed by atoms with E-state index in [1.807, 2.05) is 13.0 Å². The molecule has 0 atom stereocenters. The largest absolute Gasteiger partial charge is 0.340 e. The Labute approximate surface area is 145 Å². The van der Waals surface area contributed by atoms with Crippen molar-refractivity contribution in [2.24, 2.45) is 0 Å². The predicted octanol–water partition coefficient (Wildman–Crippen LogP) is 3.29. The van der Waals surface area contributed by atoms with E-state index in [1.165, 1.54) is 12.5 Å². The van der Waals surface area contributed by atoms with Gasteiger partial charge in [-0.3, -0.25) is 0 Å². The number of hydrogen-bond acceptors (Lipinski definition) is 6. The topological polar surface area (TPSA) is 97.2 Å². The van der Waals surface area contributed by atoms with Crippen LogP contribution in [0.3, 0.4) is 0 Å². The van der Waals surface area contributed by atoms with Gasteiger partial charge in [-0.25, -0.2) is 19.9 Å². The lowest BCUT2D eigenvalue weighted by molar-refractivity contribution is 0.839. The third-order valence-corrected chi connectivity index (χ3v) is 3.77. The maximum atomic E-state index is 6.25. The van der Waals surface area contributed by atoms with E-state index in [-0.39, 0.29) is 0 Å². The van der Waals surface area contributed by atoms with Crippen LogP contribution in [0, 0.1) is 6.92 Å². The third-order valence-electron chi connectivity index (χ3n) is 3.29. The summed E-state index contributed by atoms with van der Waals surface area (Å²) in [6.45, 7) is 1.87. The molecule has 0 aliphatic heterocycles. The monoisotopic (exact) mass is 360 g/mol. The summed E-state index contributed by atoms with van der Waals surface area (Å²) in [5.41, 5.74) is 2.05. The Bertz CT molecular complexity index is 1040. The number of aromatic nitrogens is 7. The molecule has 10 heteroatoms. The van der Waals surface area contributed by atoms with Crippen LogP contribution in [0.1, 0.15) is 5.69 Å². The molecule has 0 unspecified atom stereocenters. The quantitative estimate of drug-likeness (QED) is 0.581. The van der Waals surface area contributed by atoms with Crippen molar-refractivity contribution >= 4 is 46.0 Å². The number of pyridine rings is 1. The van der Waals surface area contributed by atoms with Crippen molar-refractivity contribution in [1.29, 1.82) is 0 Å². The highest BCUT2D eigenvalue weighted by Crippen LogP contribution is 2.27. The Morgan fingerprint density at radius 3 is 2.83 bits per heavy atom. The summed E-state index contributed by atoms with van der Waals surface area (Å²) in [5.74, 6) is 1.69. The number of aryl methyl sites for hydroxylation is 1. The Balaban J connectivity index is 1.81. The van der Waals surface area contributed by atoms with E-state index in [0.29, 0.717) is 38.7 Å². The van der Waals surface area contributed by atoms with Crippen molar-refractivity contribution in [3.05, 3.63) is 46.7 Å². The molecule has 0 fully saturated rings. The van der Waals surface area contributed by atoms with E-state index in [1.54, 1.807) is 17.1 Å². The van der Waals surface area contributed by atoms with E-state index >= 15 is 0 Å². The first-order valence-electron chi connectivity index (χ1n) is 6.91. The van der Waals surface area contributed by atoms with E-state index < -0.39 is 0 Å². The van der Waals surface area contributed by atoms with Crippen LogP contribution in [0.15, 0.2) is 31.0 Å². The molecule has 0 saturated carbocycles. The van der Waals surface area contributed by atoms with Crippen molar-refractivity contribution in [3.63, 3.8) is 0 Å². The van der Waals surface area contributed by atoms with Crippen LogP contribution in [0.4, 0.5) is 11.6 Å². The molecule has 0 aliphatic rings. The summed E-state index contributed by atoms with van der Waals surface area (Å²) in [4.78, 5) is 19.7. The molecule has 0 saturated heterocycles. The SMILES string of the molecule is Cc1cc(Nc2ncnc3nc[nH]c23)n(-c2ncc(Cl)cc2Cl)n1. The molecular formula is C14H10Cl2N8. The van der Waals surface area contributed by atoms with Crippen LogP contribution < -0.4 is 5.32 Å². The number of nitrogens with one attached hydrogen (secondary N) is 2. The Kier molecular flexibility index (Phi) is 3.55. The average Bonchev–Trinajstić information content (AvgIpc) is 3.15. The minimum atomic E-state index is 0.392. The molecule has 0 aliphatic carbocycles. The van der Waals surface area contributed by atoms with Gasteiger partial charge in [0.2, 0.25) is 0 Å². The highest BCUT2D eigenvalue weighted by atomic mass is 35.5. The zero-order chi connectivity index (χ0) is 16.7. The van der Waals surface area contributed by atoms with Crippen LogP contribution in [-0.4, -0.2) is 34.7 Å². The number of imidazole rings is 1. The number of halogens is 2. The van der Waals surface area contributed by atoms with Gasteiger partial charge in [0.1, 0.15) is 17.7 Å². The number of hydrogen-bond donors (Lipinski definition) is 2. The summed E-state index contributed by atoms with van der Waals surface area (Å²) < 4.78 is 1.60. The van der Waals surface area contributed by atoms with Crippen LogP contribution in [0.25, 0.3) is 17.0 Å². The van der Waals surface area contributed by atoms with Crippen LogP contribution in [-0.2, 0) is 0 Å². The molecule has 0 bridgehead atoms. The smallest absolute Gasteiger partial charge is 0.182 e. The lowest BCUT2D eigenvalue weighted by Crippen LogP contribution is -2.06. The Morgan fingerprint density at radius 1 is 1.12 bits per heavy atom. The van der Waals surface area contributed by atoms with Gasteiger partial charge in [0.05, 0.1) is 22.1 Å². The second kappa shape index (κ2) is 5.73. The number of aromatic amines is 1. The fourth-order valence-electron chi connectivity index (χ4n) is 2.29. The molecule has 0 aromatic carbocycles. The van der Waals surface area contributed by atoms with Crippen LogP contribution >= 0.6 is 23.2 Å². The standard InChI is InChI=1S/C14H10Cl2N8/c1-7-2-10(22-13-11-12(19-5-18-11)20-6-21-13)24(23-7)14-9(16)3-8(15)4-17-14/h2-6H,1H3,(H2,18,19,20,21,22). The van der Waals surface area contributed by atoms with Gasteiger partial charge in [0, 0.05) is 12.3 Å². The van der Waals surface area contributed by atoms with E-state index in [2.05, 4.69) is 35.3 Å². The molecule has 0 spiro atoms. The summed E-state index contributed by atoms with van der Waals surface area (Å²) in [6, 6.07) is 3.47. The molecule has 4 heterocycles. The molecular weight excluding hydrogens is 351 g/mol. The van der Waals surface area contributed by atoms with Gasteiger partial charge >= 0.3 is 0 Å². The van der Waals surface area contributed by atoms with Gasteiger partial charge < -0.3 is 10.3 Å². The van der Waals surface area contributed by atoms with Gasteiger partial charge in [-0.2, -0.15) is 9.78 Å². The van der Waals surface area contributed by atoms with Crippen molar-refractivity contribution in [3.8, 4) is 5.82 Å². The molecule has 4 aromatic rings. The van der Waals surface area contributed by atoms with Crippen molar-refractivity contribution in [2.45, 2.75) is 6.92 Å². The third kappa shape index (κ3) is 2.55. The van der Waals surface area contributed by atoms with Gasteiger partial charge in [-0.1, -0.05) is 23.2 Å². The van der Waals surface area contributed by atoms with E-state index in [0.717, 1.165) is 5.69 Å². The molecule has 8 nitrogen and oxygen atoms in total. The number of anilines is 2. The second-order valence-electron chi connectivity index (χ2n) is 4.99. The maximum Gasteiger partial charge on any atom is 0.182 e. The molecule has 2 N–H and O–H groups in total. The molecule has 24 heavy (non-hydrogen) atoms. The fourth-order valence-corrected chi connectivity index (χ4v) is 2.75. The summed E-state index contributed by atoms with van der Waals surface area (Å²) in [6.07, 6.45) is 4.51. The molecule has 120 valence electrons. The van der Waals surface area contributed by atoms with Gasteiger partial charge in [-0.15, -0.1) is 0 Å². The molecule has 0 amide bonds. The Hall–Kier alpha value is -2.71. The Morgan fingerprint density at radius 2 is 2.00 bits per heavy atom. The number of rotatable bonds is 3. The first-order valence-corrected chi connectivity index (χ1v) is 7.66.